The zero-order chi connectivity index (χ0) is 14.9. The van der Waals surface area contributed by atoms with Gasteiger partial charge in [-0.1, -0.05) is 6.07 Å². The average Bonchev–Trinajstić information content (AvgIpc) is 2.36. The van der Waals surface area contributed by atoms with Crippen LogP contribution in [0.5, 0.6) is 0 Å². The first-order valence-corrected chi connectivity index (χ1v) is 8.20. The van der Waals surface area contributed by atoms with Gasteiger partial charge in [0.25, 0.3) is 10.0 Å². The van der Waals surface area contributed by atoms with Crippen molar-refractivity contribution in [2.24, 2.45) is 0 Å². The van der Waals surface area contributed by atoms with Crippen LogP contribution in [0, 0.1) is 16.3 Å². The van der Waals surface area contributed by atoms with Gasteiger partial charge in [0.05, 0.1) is 10.6 Å². The molecule has 0 aromatic heterocycles. The number of hydrogen-bond donors (Lipinski definition) is 2. The van der Waals surface area contributed by atoms with Crippen LogP contribution in [0.2, 0.25) is 0 Å². The van der Waals surface area contributed by atoms with E-state index in [4.69, 9.17) is 5.73 Å². The topological polar surface area (TPSA) is 72.2 Å². The molecule has 2 aromatic carbocycles. The molecule has 2 rings (SSSR count). The van der Waals surface area contributed by atoms with E-state index in [1.54, 1.807) is 19.1 Å². The summed E-state index contributed by atoms with van der Waals surface area (Å²) in [6.45, 7) is 1.64. The summed E-state index contributed by atoms with van der Waals surface area (Å²) in [4.78, 5) is 0.109. The number of anilines is 2. The Morgan fingerprint density at radius 2 is 1.95 bits per heavy atom. The molecule has 0 unspecified atom stereocenters. The van der Waals surface area contributed by atoms with Gasteiger partial charge in [-0.05, 0) is 65.4 Å². The zero-order valence-corrected chi connectivity index (χ0v) is 13.5. The molecule has 0 aliphatic heterocycles. The lowest BCUT2D eigenvalue weighted by atomic mass is 10.2. The maximum absolute atomic E-state index is 13.0. The molecule has 0 saturated heterocycles. The monoisotopic (exact) mass is 406 g/mol. The second-order valence-corrected chi connectivity index (χ2v) is 7.01. The Balaban J connectivity index is 2.44. The van der Waals surface area contributed by atoms with E-state index in [1.165, 1.54) is 24.3 Å². The molecule has 0 atom stereocenters. The van der Waals surface area contributed by atoms with Gasteiger partial charge in [0, 0.05) is 9.26 Å². The van der Waals surface area contributed by atoms with E-state index in [-0.39, 0.29) is 4.90 Å². The maximum Gasteiger partial charge on any atom is 0.262 e. The van der Waals surface area contributed by atoms with E-state index in [1.807, 2.05) is 22.6 Å². The molecular weight excluding hydrogens is 394 g/mol. The van der Waals surface area contributed by atoms with Crippen molar-refractivity contribution in [3.8, 4) is 0 Å². The third kappa shape index (κ3) is 3.04. The van der Waals surface area contributed by atoms with Crippen molar-refractivity contribution in [3.05, 3.63) is 51.3 Å². The zero-order valence-electron chi connectivity index (χ0n) is 10.5. The highest BCUT2D eigenvalue weighted by Crippen LogP contribution is 2.25. The first-order valence-electron chi connectivity index (χ1n) is 5.64. The second kappa shape index (κ2) is 5.57. The molecule has 0 aliphatic rings. The summed E-state index contributed by atoms with van der Waals surface area (Å²) in [5.74, 6) is -0.419. The van der Waals surface area contributed by atoms with Gasteiger partial charge in [0.1, 0.15) is 5.82 Å². The van der Waals surface area contributed by atoms with Crippen LogP contribution >= 0.6 is 22.6 Å². The third-order valence-corrected chi connectivity index (χ3v) is 5.19. The lowest BCUT2D eigenvalue weighted by molar-refractivity contribution is 0.600. The molecule has 0 radical (unpaired) electrons. The molecule has 7 heteroatoms. The fourth-order valence-corrected chi connectivity index (χ4v) is 3.85. The van der Waals surface area contributed by atoms with Crippen LogP contribution in [-0.2, 0) is 10.0 Å². The summed E-state index contributed by atoms with van der Waals surface area (Å²) in [6, 6.07) is 8.53. The van der Waals surface area contributed by atoms with Crippen molar-refractivity contribution in [1.82, 2.24) is 0 Å². The van der Waals surface area contributed by atoms with Gasteiger partial charge in [-0.3, -0.25) is 4.72 Å². The van der Waals surface area contributed by atoms with Crippen LogP contribution < -0.4 is 10.5 Å². The van der Waals surface area contributed by atoms with Crippen molar-refractivity contribution in [2.45, 2.75) is 11.8 Å². The summed E-state index contributed by atoms with van der Waals surface area (Å²) in [5.41, 5.74) is 6.93. The Labute approximate surface area is 130 Å². The van der Waals surface area contributed by atoms with E-state index >= 15 is 0 Å². The van der Waals surface area contributed by atoms with Gasteiger partial charge in [0.2, 0.25) is 0 Å². The normalized spacial score (nSPS) is 11.3. The first kappa shape index (κ1) is 15.0. The summed E-state index contributed by atoms with van der Waals surface area (Å²) < 4.78 is 40.6. The fraction of sp³-hybridized carbons (Fsp3) is 0.0769. The third-order valence-electron chi connectivity index (χ3n) is 2.79. The number of benzene rings is 2. The molecule has 0 saturated carbocycles. The molecule has 0 heterocycles. The van der Waals surface area contributed by atoms with Crippen LogP contribution in [0.3, 0.4) is 0 Å². The summed E-state index contributed by atoms with van der Waals surface area (Å²) >= 11 is 1.87. The number of hydrogen-bond acceptors (Lipinski definition) is 3. The molecule has 4 nitrogen and oxygen atoms in total. The molecule has 0 bridgehead atoms. The molecule has 0 fully saturated rings. The Kier molecular flexibility index (Phi) is 4.19. The van der Waals surface area contributed by atoms with Gasteiger partial charge in [-0.15, -0.1) is 0 Å². The van der Waals surface area contributed by atoms with E-state index in [2.05, 4.69) is 4.72 Å². The Hall–Kier alpha value is -1.35. The summed E-state index contributed by atoms with van der Waals surface area (Å²) in [5, 5.41) is 0. The number of nitrogen functional groups attached to an aromatic ring is 1. The van der Waals surface area contributed by atoms with Crippen molar-refractivity contribution in [1.29, 1.82) is 0 Å². The van der Waals surface area contributed by atoms with Gasteiger partial charge in [-0.2, -0.15) is 0 Å². The van der Waals surface area contributed by atoms with Crippen LogP contribution in [-0.4, -0.2) is 8.42 Å². The largest absolute Gasteiger partial charge is 0.398 e. The van der Waals surface area contributed by atoms with Crippen LogP contribution in [0.15, 0.2) is 41.3 Å². The smallest absolute Gasteiger partial charge is 0.262 e. The second-order valence-electron chi connectivity index (χ2n) is 4.20. The van der Waals surface area contributed by atoms with Gasteiger partial charge < -0.3 is 5.73 Å². The van der Waals surface area contributed by atoms with Crippen LogP contribution in [0.4, 0.5) is 15.8 Å². The van der Waals surface area contributed by atoms with Crippen molar-refractivity contribution < 1.29 is 12.8 Å². The Bertz CT molecular complexity index is 763. The highest BCUT2D eigenvalue weighted by atomic mass is 127. The summed E-state index contributed by atoms with van der Waals surface area (Å²) in [6.07, 6.45) is 0. The van der Waals surface area contributed by atoms with Crippen LogP contribution in [0.1, 0.15) is 5.56 Å². The lowest BCUT2D eigenvalue weighted by Gasteiger charge is -2.12. The molecule has 0 amide bonds. The maximum atomic E-state index is 13.0. The van der Waals surface area contributed by atoms with Crippen molar-refractivity contribution in [2.75, 3.05) is 10.5 Å². The minimum absolute atomic E-state index is 0.109. The Morgan fingerprint density at radius 1 is 1.25 bits per heavy atom. The Morgan fingerprint density at radius 3 is 2.60 bits per heavy atom. The van der Waals surface area contributed by atoms with E-state index < -0.39 is 15.8 Å². The predicted octanol–water partition coefficient (Wildman–Crippen LogP) is 3.12. The van der Waals surface area contributed by atoms with Gasteiger partial charge in [0.15, 0.2) is 0 Å². The van der Waals surface area contributed by atoms with Gasteiger partial charge >= 0.3 is 0 Å². The minimum atomic E-state index is -3.76. The van der Waals surface area contributed by atoms with Crippen molar-refractivity contribution >= 4 is 44.0 Å². The van der Waals surface area contributed by atoms with E-state index in [9.17, 15) is 12.8 Å². The molecule has 20 heavy (non-hydrogen) atoms. The highest BCUT2D eigenvalue weighted by molar-refractivity contribution is 14.1. The molecular formula is C13H12FIN2O2S. The molecule has 2 aromatic rings. The average molecular weight is 406 g/mol. The van der Waals surface area contributed by atoms with Crippen molar-refractivity contribution in [3.63, 3.8) is 0 Å². The lowest BCUT2D eigenvalue weighted by Crippen LogP contribution is -2.15. The van der Waals surface area contributed by atoms with Gasteiger partial charge in [-0.25, -0.2) is 12.8 Å². The number of sulfonamides is 1. The molecule has 106 valence electrons. The number of nitrogens with two attached hydrogens (primary N) is 1. The van der Waals surface area contributed by atoms with Crippen LogP contribution in [0.25, 0.3) is 0 Å². The standard InChI is InChI=1S/C13H12FIN2O2S/c1-8-11(16)3-2-4-13(8)20(18,19)17-12-6-5-9(14)7-10(12)15/h2-7,17H,16H2,1H3. The predicted molar refractivity (Wildman–Crippen MR) is 85.5 cm³/mol. The fourth-order valence-electron chi connectivity index (χ4n) is 1.69. The number of halogens is 2. The summed E-state index contributed by atoms with van der Waals surface area (Å²) in [7, 11) is -3.76. The highest BCUT2D eigenvalue weighted by Gasteiger charge is 2.19. The SMILES string of the molecule is Cc1c(N)cccc1S(=O)(=O)Nc1ccc(F)cc1I. The van der Waals surface area contributed by atoms with E-state index in [0.29, 0.717) is 20.5 Å². The minimum Gasteiger partial charge on any atom is -0.398 e. The molecule has 0 aliphatic carbocycles. The number of nitrogens with one attached hydrogen (secondary N) is 1. The van der Waals surface area contributed by atoms with E-state index in [0.717, 1.165) is 0 Å². The quantitative estimate of drug-likeness (QED) is 0.608. The molecule has 0 spiro atoms. The first-order chi connectivity index (χ1) is 9.31. The number of rotatable bonds is 3. The molecule has 3 N–H and O–H groups in total.